The Balaban J connectivity index is 1.08. The van der Waals surface area contributed by atoms with Crippen LogP contribution in [0.15, 0.2) is 47.0 Å². The third kappa shape index (κ3) is 17.4. The maximum atomic E-state index is 12.6. The van der Waals surface area contributed by atoms with Crippen molar-refractivity contribution >= 4 is 51.9 Å². The molecule has 1 saturated heterocycles. The van der Waals surface area contributed by atoms with Gasteiger partial charge in [-0.1, -0.05) is 34.6 Å². The summed E-state index contributed by atoms with van der Waals surface area (Å²) >= 11 is 0. The van der Waals surface area contributed by atoms with Gasteiger partial charge in [-0.2, -0.15) is 4.31 Å². The lowest BCUT2D eigenvalue weighted by Gasteiger charge is -2.26. The summed E-state index contributed by atoms with van der Waals surface area (Å²) in [6.45, 7) is -0.352. The van der Waals surface area contributed by atoms with Gasteiger partial charge in [0.05, 0.1) is 43.4 Å². The van der Waals surface area contributed by atoms with Crippen LogP contribution in [-0.4, -0.2) is 132 Å². The fraction of sp³-hybridized carbons (Fsp3) is 0.543. The number of phosphoric acid groups is 2. The smallest absolute Gasteiger partial charge is 0.488 e. The average molecular weight is 1000 g/mol. The second-order valence-corrected chi connectivity index (χ2v) is 19.4. The van der Waals surface area contributed by atoms with Crippen LogP contribution in [0.5, 0.6) is 5.75 Å². The van der Waals surface area contributed by atoms with Crippen LogP contribution < -0.4 is 26.4 Å². The molecule has 29 nitrogen and oxygen atoms in total. The lowest BCUT2D eigenvalue weighted by molar-refractivity contribution is -0.126. The van der Waals surface area contributed by atoms with Crippen molar-refractivity contribution in [2.75, 3.05) is 71.8 Å². The summed E-state index contributed by atoms with van der Waals surface area (Å²) in [6.07, 6.45) is 2.03. The highest BCUT2D eigenvalue weighted by Gasteiger charge is 2.43. The number of hydrogen-bond acceptors (Lipinski definition) is 19. The normalized spacial score (nSPS) is 20.0. The van der Waals surface area contributed by atoms with Gasteiger partial charge in [-0.15, -0.1) is 0 Å². The summed E-state index contributed by atoms with van der Waals surface area (Å²) in [6, 6.07) is 7.05. The summed E-state index contributed by atoms with van der Waals surface area (Å²) in [4.78, 5) is 67.6. The minimum absolute atomic E-state index is 0.00717. The number of nitrogens with zero attached hydrogens (tertiary/aromatic N) is 9. The molecule has 2 aliphatic rings. The van der Waals surface area contributed by atoms with Crippen molar-refractivity contribution in [3.63, 3.8) is 0 Å². The Kier molecular flexibility index (Phi) is 19.9. The minimum Gasteiger partial charge on any atom is -0.491 e. The van der Waals surface area contributed by atoms with E-state index in [0.29, 0.717) is 48.1 Å². The van der Waals surface area contributed by atoms with Gasteiger partial charge < -0.3 is 64.6 Å². The molecule has 3 aromatic rings. The predicted octanol–water partition coefficient (Wildman–Crippen LogP) is 3.11. The van der Waals surface area contributed by atoms with Crippen molar-refractivity contribution in [3.8, 4) is 17.6 Å². The van der Waals surface area contributed by atoms with Crippen molar-refractivity contribution in [1.82, 2.24) is 30.5 Å². The Labute approximate surface area is 381 Å². The predicted molar refractivity (Wildman–Crippen MR) is 232 cm³/mol. The third-order valence-corrected chi connectivity index (χ3v) is 13.6. The van der Waals surface area contributed by atoms with Gasteiger partial charge in [0, 0.05) is 53.8 Å². The number of ether oxygens (including phenoxy) is 5. The molecule has 1 aliphatic carbocycles. The van der Waals surface area contributed by atoms with E-state index in [1.807, 2.05) is 0 Å². The number of amides is 2. The molecule has 7 atom stereocenters. The van der Waals surface area contributed by atoms with Crippen molar-refractivity contribution < 1.29 is 74.8 Å². The number of anilines is 1. The van der Waals surface area contributed by atoms with Gasteiger partial charge in [-0.25, -0.2) is 23.4 Å². The largest absolute Gasteiger partial charge is 0.491 e. The quantitative estimate of drug-likeness (QED) is 0.0144. The van der Waals surface area contributed by atoms with Crippen molar-refractivity contribution in [2.24, 2.45) is 10.2 Å². The molecule has 5 unspecified atom stereocenters. The first-order valence-corrected chi connectivity index (χ1v) is 25.1. The van der Waals surface area contributed by atoms with E-state index in [2.05, 4.69) is 66.4 Å². The van der Waals surface area contributed by atoms with Gasteiger partial charge in [-0.05, 0) is 42.1 Å². The highest BCUT2D eigenvalue weighted by molar-refractivity contribution is 7.68. The Hall–Kier alpha value is -5.19. The molecule has 1 aromatic carbocycles. The van der Waals surface area contributed by atoms with Gasteiger partial charge in [0.25, 0.3) is 5.91 Å². The van der Waals surface area contributed by atoms with Gasteiger partial charge in [0.2, 0.25) is 5.91 Å². The highest BCUT2D eigenvalue weighted by atomic mass is 31.3. The molecule has 3 heterocycles. The van der Waals surface area contributed by atoms with Crippen LogP contribution in [0.2, 0.25) is 0 Å². The third-order valence-electron chi connectivity index (χ3n) is 9.39. The van der Waals surface area contributed by atoms with E-state index in [9.17, 15) is 38.0 Å². The number of carbonyl (C=O) groups is 2. The van der Waals surface area contributed by atoms with E-state index in [-0.39, 0.29) is 56.8 Å². The van der Waals surface area contributed by atoms with Gasteiger partial charge in [-0.3, -0.25) is 18.7 Å². The summed E-state index contributed by atoms with van der Waals surface area (Å²) in [5.41, 5.74) is 24.8. The average Bonchev–Trinajstić information content (AvgIpc) is 3.83. The highest BCUT2D eigenvalue weighted by Crippen LogP contribution is 2.66. The topological polar surface area (TPSA) is 410 Å². The molecule has 0 radical (unpaired) electrons. The van der Waals surface area contributed by atoms with E-state index < -0.39 is 67.1 Å². The molecule has 5 rings (SSSR count). The number of rotatable bonds is 27. The summed E-state index contributed by atoms with van der Waals surface area (Å²) in [7, 11) is -15.6. The van der Waals surface area contributed by atoms with Crippen LogP contribution in [-0.2, 0) is 50.6 Å². The molecule has 2 aromatic heterocycles. The molecule has 1 aliphatic heterocycles. The van der Waals surface area contributed by atoms with E-state index in [0.717, 1.165) is 12.8 Å². The van der Waals surface area contributed by atoms with Crippen LogP contribution in [0.1, 0.15) is 47.8 Å². The zero-order valence-corrected chi connectivity index (χ0v) is 38.3. The number of benzene rings is 1. The Morgan fingerprint density at radius 2 is 1.90 bits per heavy atom. The van der Waals surface area contributed by atoms with Crippen LogP contribution in [0.3, 0.4) is 0 Å². The van der Waals surface area contributed by atoms with Crippen LogP contribution >= 0.6 is 23.2 Å². The molecule has 364 valence electrons. The van der Waals surface area contributed by atoms with Crippen molar-refractivity contribution in [2.45, 2.75) is 56.4 Å². The van der Waals surface area contributed by atoms with Crippen LogP contribution in [0.4, 0.5) is 5.82 Å². The second-order valence-electron chi connectivity index (χ2n) is 14.4. The number of azide groups is 2. The number of nitrogens with two attached hydrogens (primary N) is 1. The summed E-state index contributed by atoms with van der Waals surface area (Å²) in [5.74, 6) is 5.33. The van der Waals surface area contributed by atoms with Gasteiger partial charge in [0.15, 0.2) is 6.23 Å². The lowest BCUT2D eigenvalue weighted by atomic mass is 9.93. The maximum Gasteiger partial charge on any atom is 0.488 e. The number of fused-ring (bicyclic) bond motifs is 1. The number of phosphoric ester groups is 1. The van der Waals surface area contributed by atoms with Crippen LogP contribution in [0, 0.1) is 11.8 Å². The number of nitrogens with one attached hydrogen (secondary N) is 3. The molecule has 0 spiro atoms. The zero-order valence-electron chi connectivity index (χ0n) is 35.6. The standard InChI is InChI=1S/C35H48N13O16P3/c1-65(51,52)63-67(55,56)64-66(53,54)61-18-28-27(60-22-44-46-37)16-31(62-28)48-17-24(32-33(36)42-21-43-34(32)48)6-4-10-40-29(49)19-57-13-14-58-30(45-47-38)20-59-26-9-2-5-23(15-26)35(50)41-12-11-39-25-7-3-8-25/h2,5,9,15,17,21,25,27-28,30-31,39H,3,7-8,10-14,16,18-20,22H2,1H3,(H,40,49)(H,41,50)(H,51,52)(H,53,54)(H,55,56)(H2,36,42,43)/t27?,28-,30?,31-/m1/s1. The first kappa shape index (κ1) is 52.8. The first-order valence-electron chi connectivity index (χ1n) is 20.1. The lowest BCUT2D eigenvalue weighted by Crippen LogP contribution is -2.40. The molecular formula is C35H48N13O16P3. The Bertz CT molecular complexity index is 2500. The number of nitrogen functional groups attached to an aromatic ring is 1. The summed E-state index contributed by atoms with van der Waals surface area (Å²) in [5, 5.41) is 16.0. The molecule has 2 amide bonds. The number of aromatic nitrogens is 3. The molecule has 2 fully saturated rings. The SMILES string of the molecule is CP(=O)(O)OP(=O)(O)OP(=O)(O)OC[C@H]1O[C@@H](n2cc(C#CCNC(=O)COCCOC(COc3cccc(C(=O)NCCNC4CCC4)c3)N=[N+]=[N-])c3c(N)ncnc32)CC1OCN=[N+]=[N-]. The van der Waals surface area contributed by atoms with Crippen molar-refractivity contribution in [1.29, 1.82) is 0 Å². The van der Waals surface area contributed by atoms with Gasteiger partial charge in [0.1, 0.15) is 55.8 Å². The Morgan fingerprint density at radius 1 is 1.09 bits per heavy atom. The molecular weight excluding hydrogens is 951 g/mol. The van der Waals surface area contributed by atoms with E-state index in [1.165, 1.54) is 23.5 Å². The zero-order chi connectivity index (χ0) is 48.5. The number of carbonyl (C=O) groups excluding carboxylic acids is 2. The first-order chi connectivity index (χ1) is 32.0. The fourth-order valence-electron chi connectivity index (χ4n) is 6.28. The fourth-order valence-corrected chi connectivity index (χ4v) is 9.76. The van der Waals surface area contributed by atoms with Crippen LogP contribution in [0.25, 0.3) is 31.9 Å². The monoisotopic (exact) mass is 999 g/mol. The second kappa shape index (κ2) is 25.3. The maximum absolute atomic E-state index is 12.6. The van der Waals surface area contributed by atoms with E-state index in [1.54, 1.807) is 24.3 Å². The van der Waals surface area contributed by atoms with Gasteiger partial charge >= 0.3 is 23.2 Å². The summed E-state index contributed by atoms with van der Waals surface area (Å²) < 4.78 is 78.4. The van der Waals surface area contributed by atoms with E-state index >= 15 is 0 Å². The molecule has 1 saturated carbocycles. The molecule has 0 bridgehead atoms. The van der Waals surface area contributed by atoms with Crippen molar-refractivity contribution in [3.05, 3.63) is 68.8 Å². The molecule has 67 heavy (non-hydrogen) atoms. The minimum atomic E-state index is -5.55. The molecule has 32 heteroatoms. The molecule has 8 N–H and O–H groups in total. The Morgan fingerprint density at radius 3 is 2.63 bits per heavy atom. The number of hydrogen-bond donors (Lipinski definition) is 7. The van der Waals surface area contributed by atoms with E-state index in [4.69, 9.17) is 45.0 Å².